The van der Waals surface area contributed by atoms with Crippen molar-refractivity contribution < 1.29 is 24.2 Å². The highest BCUT2D eigenvalue weighted by molar-refractivity contribution is 5.99. The minimum atomic E-state index is -1.17. The fourth-order valence-corrected chi connectivity index (χ4v) is 5.35. The van der Waals surface area contributed by atoms with Crippen molar-refractivity contribution in [1.29, 1.82) is 0 Å². The Balaban J connectivity index is 1.82. The predicted octanol–water partition coefficient (Wildman–Crippen LogP) is 0.741. The molecule has 0 radical (unpaired) electrons. The highest BCUT2D eigenvalue weighted by Gasteiger charge is 2.71. The summed E-state index contributed by atoms with van der Waals surface area (Å²) in [6, 6.07) is 3.54. The standard InChI is InChI=1S/C19H19NO5/c1-10(21)24-13-4-3-11-9-14-19(23)6-5-12(22)17-18(19,7-8-20(14)2)15(11)16(13)25-17/h3-6,14,17,23H,7-9H2,1-2H3/t14-,17+,18+,19-/m1/s1. The molecule has 1 spiro atoms. The molecule has 1 aromatic carbocycles. The first-order valence-corrected chi connectivity index (χ1v) is 8.55. The molecule has 0 saturated carbocycles. The van der Waals surface area contributed by atoms with Crippen molar-refractivity contribution in [2.45, 2.75) is 42.9 Å². The maximum absolute atomic E-state index is 12.6. The number of hydrogen-bond acceptors (Lipinski definition) is 6. The Morgan fingerprint density at radius 2 is 2.24 bits per heavy atom. The summed E-state index contributed by atoms with van der Waals surface area (Å²) in [5.74, 6) is 0.175. The van der Waals surface area contributed by atoms with E-state index >= 15 is 0 Å². The van der Waals surface area contributed by atoms with E-state index in [1.54, 1.807) is 12.1 Å². The number of ether oxygens (including phenoxy) is 2. The van der Waals surface area contributed by atoms with Gasteiger partial charge < -0.3 is 14.6 Å². The van der Waals surface area contributed by atoms with Crippen LogP contribution >= 0.6 is 0 Å². The lowest BCUT2D eigenvalue weighted by molar-refractivity contribution is -0.151. The number of esters is 1. The van der Waals surface area contributed by atoms with E-state index in [1.165, 1.54) is 13.0 Å². The van der Waals surface area contributed by atoms with E-state index in [9.17, 15) is 14.7 Å². The van der Waals surface area contributed by atoms with E-state index in [0.29, 0.717) is 24.3 Å². The zero-order chi connectivity index (χ0) is 17.6. The molecule has 25 heavy (non-hydrogen) atoms. The van der Waals surface area contributed by atoms with E-state index in [1.807, 2.05) is 13.1 Å². The number of hydrogen-bond donors (Lipinski definition) is 1. The van der Waals surface area contributed by atoms with Gasteiger partial charge in [-0.3, -0.25) is 14.5 Å². The monoisotopic (exact) mass is 341 g/mol. The Bertz CT molecular complexity index is 862. The van der Waals surface area contributed by atoms with E-state index in [0.717, 1.165) is 17.7 Å². The van der Waals surface area contributed by atoms with E-state index < -0.39 is 23.1 Å². The van der Waals surface area contributed by atoms with Crippen LogP contribution in [0, 0.1) is 0 Å². The molecule has 0 unspecified atom stereocenters. The minimum Gasteiger partial charge on any atom is -0.477 e. The number of aliphatic hydroxyl groups is 1. The summed E-state index contributed by atoms with van der Waals surface area (Å²) in [5.41, 5.74) is -0.0839. The van der Waals surface area contributed by atoms with Crippen molar-refractivity contribution >= 4 is 11.8 Å². The smallest absolute Gasteiger partial charge is 0.308 e. The molecule has 0 amide bonds. The molecule has 2 aliphatic carbocycles. The summed E-state index contributed by atoms with van der Waals surface area (Å²) in [5, 5.41) is 11.7. The molecule has 6 nitrogen and oxygen atoms in total. The van der Waals surface area contributed by atoms with Gasteiger partial charge in [0, 0.05) is 18.5 Å². The quantitative estimate of drug-likeness (QED) is 0.600. The number of likely N-dealkylation sites (tertiary alicyclic amines) is 1. The van der Waals surface area contributed by atoms with Gasteiger partial charge in [-0.15, -0.1) is 0 Å². The van der Waals surface area contributed by atoms with Crippen LogP contribution < -0.4 is 9.47 Å². The highest BCUT2D eigenvalue weighted by atomic mass is 16.6. The van der Waals surface area contributed by atoms with Crippen LogP contribution in [0.2, 0.25) is 0 Å². The second-order valence-corrected chi connectivity index (χ2v) is 7.50. The van der Waals surface area contributed by atoms with Crippen LogP contribution in [0.5, 0.6) is 11.5 Å². The van der Waals surface area contributed by atoms with E-state index in [-0.39, 0.29) is 11.8 Å². The lowest BCUT2D eigenvalue weighted by atomic mass is 9.51. The topological polar surface area (TPSA) is 76.1 Å². The lowest BCUT2D eigenvalue weighted by Gasteiger charge is -2.60. The fourth-order valence-electron chi connectivity index (χ4n) is 5.35. The second-order valence-electron chi connectivity index (χ2n) is 7.50. The molecule has 1 aromatic rings. The molecule has 1 fully saturated rings. The van der Waals surface area contributed by atoms with Crippen LogP contribution in [0.15, 0.2) is 24.3 Å². The fraction of sp³-hybridized carbons (Fsp3) is 0.474. The number of benzene rings is 1. The Labute approximate surface area is 145 Å². The summed E-state index contributed by atoms with van der Waals surface area (Å²) in [6.45, 7) is 2.10. The molecule has 0 aromatic heterocycles. The SMILES string of the molecule is CC(=O)Oc1ccc2c3c1O[C@H]1C(=O)C=C[C@@]4(O)[C@@H](C2)N(C)CC[C@]314. The molecule has 1 N–H and O–H groups in total. The summed E-state index contributed by atoms with van der Waals surface area (Å²) in [6.07, 6.45) is 3.60. The molecule has 5 rings (SSSR count). The third kappa shape index (κ3) is 1.57. The van der Waals surface area contributed by atoms with Crippen LogP contribution in [-0.4, -0.2) is 53.1 Å². The summed E-state index contributed by atoms with van der Waals surface area (Å²) < 4.78 is 11.4. The van der Waals surface area contributed by atoms with Gasteiger partial charge in [0.25, 0.3) is 0 Å². The van der Waals surface area contributed by atoms with Crippen LogP contribution in [0.4, 0.5) is 0 Å². The van der Waals surface area contributed by atoms with E-state index in [2.05, 4.69) is 4.90 Å². The molecular weight excluding hydrogens is 322 g/mol. The first-order chi connectivity index (χ1) is 11.9. The van der Waals surface area contributed by atoms with Gasteiger partial charge in [0.1, 0.15) is 5.60 Å². The molecule has 4 atom stereocenters. The van der Waals surface area contributed by atoms with Gasteiger partial charge >= 0.3 is 5.97 Å². The van der Waals surface area contributed by atoms with Crippen LogP contribution in [0.1, 0.15) is 24.5 Å². The Morgan fingerprint density at radius 1 is 1.44 bits per heavy atom. The zero-order valence-electron chi connectivity index (χ0n) is 14.1. The molecule has 2 heterocycles. The molecule has 6 heteroatoms. The third-order valence-corrected chi connectivity index (χ3v) is 6.38. The van der Waals surface area contributed by atoms with Gasteiger partial charge in [-0.25, -0.2) is 0 Å². The predicted molar refractivity (Wildman–Crippen MR) is 87.7 cm³/mol. The maximum Gasteiger partial charge on any atom is 0.308 e. The zero-order valence-corrected chi connectivity index (χ0v) is 14.1. The van der Waals surface area contributed by atoms with Crippen molar-refractivity contribution in [2.24, 2.45) is 0 Å². The Hall–Kier alpha value is -2.18. The summed E-state index contributed by atoms with van der Waals surface area (Å²) in [7, 11) is 2.00. The average Bonchev–Trinajstić information content (AvgIpc) is 2.91. The van der Waals surface area contributed by atoms with Gasteiger partial charge in [0.15, 0.2) is 23.4 Å². The Kier molecular flexibility index (Phi) is 2.72. The van der Waals surface area contributed by atoms with Gasteiger partial charge in [0.2, 0.25) is 0 Å². The molecule has 2 bridgehead atoms. The number of carbonyl (C=O) groups excluding carboxylic acids is 2. The van der Waals surface area contributed by atoms with Crippen LogP contribution in [0.3, 0.4) is 0 Å². The number of ketones is 1. The van der Waals surface area contributed by atoms with Gasteiger partial charge in [-0.05, 0) is 50.2 Å². The normalized spacial score (nSPS) is 37.5. The van der Waals surface area contributed by atoms with Gasteiger partial charge in [-0.2, -0.15) is 0 Å². The average molecular weight is 341 g/mol. The van der Waals surface area contributed by atoms with E-state index in [4.69, 9.17) is 9.47 Å². The minimum absolute atomic E-state index is 0.116. The van der Waals surface area contributed by atoms with Crippen molar-refractivity contribution in [3.05, 3.63) is 35.4 Å². The van der Waals surface area contributed by atoms with Crippen molar-refractivity contribution in [2.75, 3.05) is 13.6 Å². The molecule has 4 aliphatic rings. The highest BCUT2D eigenvalue weighted by Crippen LogP contribution is 2.63. The Morgan fingerprint density at radius 3 is 3.00 bits per heavy atom. The maximum atomic E-state index is 12.6. The second kappa shape index (κ2) is 4.51. The molecule has 1 saturated heterocycles. The first-order valence-electron chi connectivity index (χ1n) is 8.55. The van der Waals surface area contributed by atoms with Gasteiger partial charge in [-0.1, -0.05) is 6.07 Å². The number of carbonyl (C=O) groups is 2. The number of piperidine rings is 1. The lowest BCUT2D eigenvalue weighted by Crippen LogP contribution is -2.74. The largest absolute Gasteiger partial charge is 0.477 e. The summed E-state index contributed by atoms with van der Waals surface area (Å²) >= 11 is 0. The van der Waals surface area contributed by atoms with Crippen LogP contribution in [0.25, 0.3) is 0 Å². The van der Waals surface area contributed by atoms with Crippen molar-refractivity contribution in [3.63, 3.8) is 0 Å². The van der Waals surface area contributed by atoms with Crippen molar-refractivity contribution in [1.82, 2.24) is 4.90 Å². The molecule has 130 valence electrons. The number of likely N-dealkylation sites (N-methyl/N-ethyl adjacent to an activating group) is 1. The number of rotatable bonds is 1. The summed E-state index contributed by atoms with van der Waals surface area (Å²) in [4.78, 5) is 26.2. The first kappa shape index (κ1) is 15.1. The third-order valence-electron chi connectivity index (χ3n) is 6.38. The van der Waals surface area contributed by atoms with Gasteiger partial charge in [0.05, 0.1) is 5.41 Å². The molecule has 2 aliphatic heterocycles. The molecular formula is C19H19NO5. The van der Waals surface area contributed by atoms with Crippen LogP contribution in [-0.2, 0) is 21.4 Å². The van der Waals surface area contributed by atoms with Crippen molar-refractivity contribution in [3.8, 4) is 11.5 Å². The number of nitrogens with zero attached hydrogens (tertiary/aromatic N) is 1.